The second-order valence-electron chi connectivity index (χ2n) is 4.48. The normalized spacial score (nSPS) is 18.5. The van der Waals surface area contributed by atoms with Crippen LogP contribution in [-0.2, 0) is 5.41 Å². The lowest BCUT2D eigenvalue weighted by Crippen LogP contribution is -2.22. The van der Waals surface area contributed by atoms with Gasteiger partial charge in [0.2, 0.25) is 0 Å². The Morgan fingerprint density at radius 1 is 1.53 bits per heavy atom. The molecule has 0 aliphatic heterocycles. The maximum atomic E-state index is 10.9. The summed E-state index contributed by atoms with van der Waals surface area (Å²) in [5.41, 5.74) is 0.480. The summed E-state index contributed by atoms with van der Waals surface area (Å²) in [5.74, 6) is 0.250. The molecule has 5 heteroatoms. The molecule has 0 heterocycles. The van der Waals surface area contributed by atoms with Crippen molar-refractivity contribution in [2.24, 2.45) is 0 Å². The van der Waals surface area contributed by atoms with Crippen molar-refractivity contribution in [2.45, 2.75) is 31.3 Å². The van der Waals surface area contributed by atoms with Gasteiger partial charge in [0.25, 0.3) is 0 Å². The van der Waals surface area contributed by atoms with Gasteiger partial charge in [-0.05, 0) is 31.4 Å². The number of methoxy groups -OCH3 is 1. The molecule has 1 fully saturated rings. The maximum Gasteiger partial charge on any atom is 0.311 e. The van der Waals surface area contributed by atoms with Gasteiger partial charge in [0.05, 0.1) is 18.1 Å². The summed E-state index contributed by atoms with van der Waals surface area (Å²) < 4.78 is 4.95. The molecule has 0 spiro atoms. The van der Waals surface area contributed by atoms with Gasteiger partial charge in [-0.1, -0.05) is 6.07 Å². The molecule has 0 saturated heterocycles. The number of aliphatic hydroxyl groups excluding tert-OH is 1. The minimum absolute atomic E-state index is 0.0445. The van der Waals surface area contributed by atoms with E-state index in [-0.39, 0.29) is 16.9 Å². The average Bonchev–Trinajstić information content (AvgIpc) is 3.09. The lowest BCUT2D eigenvalue weighted by atomic mass is 9.90. The van der Waals surface area contributed by atoms with Gasteiger partial charge < -0.3 is 9.84 Å². The summed E-state index contributed by atoms with van der Waals surface area (Å²) in [7, 11) is 1.41. The number of nitro benzene ring substituents is 1. The van der Waals surface area contributed by atoms with E-state index in [4.69, 9.17) is 4.74 Å². The van der Waals surface area contributed by atoms with Crippen LogP contribution in [0.2, 0.25) is 0 Å². The third-order valence-electron chi connectivity index (χ3n) is 3.54. The summed E-state index contributed by atoms with van der Waals surface area (Å²) in [4.78, 5) is 10.5. The summed E-state index contributed by atoms with van der Waals surface area (Å²) in [6.07, 6.45) is 1.25. The summed E-state index contributed by atoms with van der Waals surface area (Å²) in [6.45, 7) is 1.73. The predicted molar refractivity (Wildman–Crippen MR) is 62.2 cm³/mol. The van der Waals surface area contributed by atoms with Crippen LogP contribution in [0.15, 0.2) is 18.2 Å². The van der Waals surface area contributed by atoms with E-state index in [2.05, 4.69) is 0 Å². The third kappa shape index (κ3) is 1.86. The van der Waals surface area contributed by atoms with E-state index >= 15 is 0 Å². The topological polar surface area (TPSA) is 72.6 Å². The minimum Gasteiger partial charge on any atom is -0.490 e. The standard InChI is InChI=1S/C12H15NO4/c1-8(14)12(5-6-12)9-3-4-11(17-2)10(7-9)13(15)16/h3-4,7-8,14H,5-6H2,1-2H3. The fourth-order valence-corrected chi connectivity index (χ4v) is 2.22. The molecule has 1 aliphatic rings. The van der Waals surface area contributed by atoms with Gasteiger partial charge in [-0.2, -0.15) is 0 Å². The highest BCUT2D eigenvalue weighted by Gasteiger charge is 2.49. The van der Waals surface area contributed by atoms with Crippen molar-refractivity contribution >= 4 is 5.69 Å². The summed E-state index contributed by atoms with van der Waals surface area (Å²) in [6, 6.07) is 4.90. The molecule has 0 amide bonds. The zero-order valence-corrected chi connectivity index (χ0v) is 9.84. The van der Waals surface area contributed by atoms with E-state index in [0.29, 0.717) is 0 Å². The van der Waals surface area contributed by atoms with Crippen LogP contribution in [0.4, 0.5) is 5.69 Å². The number of hydrogen-bond acceptors (Lipinski definition) is 4. The van der Waals surface area contributed by atoms with Crippen molar-refractivity contribution in [1.82, 2.24) is 0 Å². The zero-order valence-electron chi connectivity index (χ0n) is 9.84. The predicted octanol–water partition coefficient (Wildman–Crippen LogP) is 2.02. The van der Waals surface area contributed by atoms with Crippen LogP contribution in [-0.4, -0.2) is 23.2 Å². The number of nitro groups is 1. The Morgan fingerprint density at radius 3 is 2.59 bits per heavy atom. The Hall–Kier alpha value is -1.62. The van der Waals surface area contributed by atoms with E-state index < -0.39 is 11.0 Å². The highest BCUT2D eigenvalue weighted by Crippen LogP contribution is 2.52. The first-order valence-corrected chi connectivity index (χ1v) is 5.52. The van der Waals surface area contributed by atoms with Gasteiger partial charge in [0.1, 0.15) is 0 Å². The maximum absolute atomic E-state index is 10.9. The second kappa shape index (κ2) is 4.00. The first-order valence-electron chi connectivity index (χ1n) is 5.52. The molecule has 17 heavy (non-hydrogen) atoms. The Balaban J connectivity index is 2.45. The van der Waals surface area contributed by atoms with Crippen molar-refractivity contribution in [3.05, 3.63) is 33.9 Å². The molecule has 1 aromatic carbocycles. The lowest BCUT2D eigenvalue weighted by molar-refractivity contribution is -0.385. The molecule has 0 radical (unpaired) electrons. The van der Waals surface area contributed by atoms with Crippen LogP contribution >= 0.6 is 0 Å². The largest absolute Gasteiger partial charge is 0.490 e. The molecule has 1 unspecified atom stereocenters. The van der Waals surface area contributed by atoms with Gasteiger partial charge in [-0.15, -0.1) is 0 Å². The Kier molecular flexibility index (Phi) is 2.79. The van der Waals surface area contributed by atoms with Crippen LogP contribution < -0.4 is 4.74 Å². The Bertz CT molecular complexity index is 452. The first-order chi connectivity index (χ1) is 8.01. The molecular weight excluding hydrogens is 222 g/mol. The van der Waals surface area contributed by atoms with E-state index in [1.807, 2.05) is 0 Å². The van der Waals surface area contributed by atoms with Gasteiger partial charge in [0, 0.05) is 11.5 Å². The Labute approximate surface area is 99.2 Å². The van der Waals surface area contributed by atoms with Crippen molar-refractivity contribution in [3.8, 4) is 5.75 Å². The van der Waals surface area contributed by atoms with E-state index in [0.717, 1.165) is 18.4 Å². The number of nitrogens with zero attached hydrogens (tertiary/aromatic N) is 1. The van der Waals surface area contributed by atoms with Crippen molar-refractivity contribution in [3.63, 3.8) is 0 Å². The number of hydrogen-bond donors (Lipinski definition) is 1. The Morgan fingerprint density at radius 2 is 2.18 bits per heavy atom. The molecule has 1 aliphatic carbocycles. The van der Waals surface area contributed by atoms with Crippen molar-refractivity contribution in [1.29, 1.82) is 0 Å². The highest BCUT2D eigenvalue weighted by atomic mass is 16.6. The molecule has 1 saturated carbocycles. The van der Waals surface area contributed by atoms with Crippen molar-refractivity contribution < 1.29 is 14.8 Å². The van der Waals surface area contributed by atoms with Crippen LogP contribution in [0.1, 0.15) is 25.3 Å². The molecule has 2 rings (SSSR count). The summed E-state index contributed by atoms with van der Waals surface area (Å²) in [5, 5.41) is 20.7. The smallest absolute Gasteiger partial charge is 0.311 e. The number of ether oxygens (including phenoxy) is 1. The van der Waals surface area contributed by atoms with Gasteiger partial charge >= 0.3 is 5.69 Å². The number of rotatable bonds is 4. The number of benzene rings is 1. The average molecular weight is 237 g/mol. The van der Waals surface area contributed by atoms with Crippen LogP contribution in [0, 0.1) is 10.1 Å². The van der Waals surface area contributed by atoms with Gasteiger partial charge in [0.15, 0.2) is 5.75 Å². The lowest BCUT2D eigenvalue weighted by Gasteiger charge is -2.19. The van der Waals surface area contributed by atoms with E-state index in [9.17, 15) is 15.2 Å². The fraction of sp³-hybridized carbons (Fsp3) is 0.500. The molecule has 0 bridgehead atoms. The SMILES string of the molecule is COc1ccc(C2(C(C)O)CC2)cc1[N+](=O)[O-]. The molecule has 1 atom stereocenters. The van der Waals surface area contributed by atoms with Gasteiger partial charge in [-0.3, -0.25) is 10.1 Å². The quantitative estimate of drug-likeness (QED) is 0.642. The van der Waals surface area contributed by atoms with Crippen LogP contribution in [0.25, 0.3) is 0 Å². The molecule has 1 N–H and O–H groups in total. The third-order valence-corrected chi connectivity index (χ3v) is 3.54. The highest BCUT2D eigenvalue weighted by molar-refractivity contribution is 5.51. The summed E-state index contributed by atoms with van der Waals surface area (Å²) >= 11 is 0. The second-order valence-corrected chi connectivity index (χ2v) is 4.48. The van der Waals surface area contributed by atoms with Crippen molar-refractivity contribution in [2.75, 3.05) is 7.11 Å². The molecule has 92 valence electrons. The molecule has 1 aromatic rings. The van der Waals surface area contributed by atoms with Crippen LogP contribution in [0.5, 0.6) is 5.75 Å². The minimum atomic E-state index is -0.490. The number of aliphatic hydroxyl groups is 1. The molecular formula is C12H15NO4. The fourth-order valence-electron chi connectivity index (χ4n) is 2.22. The van der Waals surface area contributed by atoms with Crippen LogP contribution in [0.3, 0.4) is 0 Å². The first kappa shape index (κ1) is 11.9. The molecule has 5 nitrogen and oxygen atoms in total. The van der Waals surface area contributed by atoms with E-state index in [1.54, 1.807) is 19.1 Å². The zero-order chi connectivity index (χ0) is 12.6. The van der Waals surface area contributed by atoms with E-state index in [1.165, 1.54) is 13.2 Å². The monoisotopic (exact) mass is 237 g/mol. The molecule has 0 aromatic heterocycles. The van der Waals surface area contributed by atoms with Gasteiger partial charge in [-0.25, -0.2) is 0 Å².